The van der Waals surface area contributed by atoms with Gasteiger partial charge in [0.2, 0.25) is 5.88 Å². The second-order valence-corrected chi connectivity index (χ2v) is 7.34. The highest BCUT2D eigenvalue weighted by Gasteiger charge is 2.20. The summed E-state index contributed by atoms with van der Waals surface area (Å²) in [5, 5.41) is 17.9. The predicted octanol–water partition coefficient (Wildman–Crippen LogP) is 1.60. The van der Waals surface area contributed by atoms with Gasteiger partial charge in [0.05, 0.1) is 17.3 Å². The fraction of sp³-hybridized carbons (Fsp3) is 0.158. The first-order chi connectivity index (χ1) is 14.5. The van der Waals surface area contributed by atoms with Gasteiger partial charge in [0, 0.05) is 17.0 Å². The normalized spacial score (nSPS) is 15.3. The molecule has 9 nitrogen and oxygen atoms in total. The van der Waals surface area contributed by atoms with Crippen LogP contribution in [0.2, 0.25) is 5.02 Å². The molecule has 3 heterocycles. The largest absolute Gasteiger partial charge is 0.493 e. The molecular weight excluding hydrogens is 413 g/mol. The number of fused-ring (bicyclic) bond motifs is 1. The Kier molecular flexibility index (Phi) is 4.28. The van der Waals surface area contributed by atoms with E-state index < -0.39 is 11.5 Å². The number of aromatic nitrogens is 5. The van der Waals surface area contributed by atoms with E-state index in [1.807, 2.05) is 0 Å². The Morgan fingerprint density at radius 1 is 1.33 bits per heavy atom. The van der Waals surface area contributed by atoms with E-state index in [1.165, 1.54) is 12.1 Å². The van der Waals surface area contributed by atoms with Crippen LogP contribution < -0.4 is 21.7 Å². The molecule has 1 saturated carbocycles. The SMILES string of the molecule is O=c1[nH]c(O)c(/C=c2/cnn3c(=NC4CC4)cc(Nc4ccc(F)c(Cl)c4)nc23)[nH]1. The zero-order valence-corrected chi connectivity index (χ0v) is 16.1. The third-order valence-electron chi connectivity index (χ3n) is 4.57. The Hall–Kier alpha value is -3.66. The maximum Gasteiger partial charge on any atom is 0.326 e. The minimum Gasteiger partial charge on any atom is -0.493 e. The number of aromatic amines is 2. The highest BCUT2D eigenvalue weighted by atomic mass is 35.5. The van der Waals surface area contributed by atoms with Gasteiger partial charge in [-0.15, -0.1) is 0 Å². The number of anilines is 2. The summed E-state index contributed by atoms with van der Waals surface area (Å²) in [5.41, 5.74) is 1.32. The number of nitrogens with one attached hydrogen (secondary N) is 3. The summed E-state index contributed by atoms with van der Waals surface area (Å²) < 4.78 is 15.1. The lowest BCUT2D eigenvalue weighted by molar-refractivity contribution is 0.454. The number of hydrogen-bond acceptors (Lipinski definition) is 6. The van der Waals surface area contributed by atoms with Gasteiger partial charge < -0.3 is 15.4 Å². The van der Waals surface area contributed by atoms with Crippen LogP contribution in [-0.2, 0) is 0 Å². The highest BCUT2D eigenvalue weighted by Crippen LogP contribution is 2.23. The van der Waals surface area contributed by atoms with Gasteiger partial charge in [-0.25, -0.2) is 14.2 Å². The van der Waals surface area contributed by atoms with Gasteiger partial charge in [0.25, 0.3) is 0 Å². The molecule has 5 rings (SSSR count). The van der Waals surface area contributed by atoms with Crippen LogP contribution in [0.15, 0.2) is 40.2 Å². The average molecular weight is 428 g/mol. The maximum absolute atomic E-state index is 13.5. The molecule has 0 radical (unpaired) electrons. The Balaban J connectivity index is 1.67. The second-order valence-electron chi connectivity index (χ2n) is 6.93. The number of nitrogens with zero attached hydrogens (tertiary/aromatic N) is 4. The Labute approximate surface area is 172 Å². The minimum atomic E-state index is -0.525. The topological polar surface area (TPSA) is 123 Å². The van der Waals surface area contributed by atoms with Crippen molar-refractivity contribution >= 4 is 34.8 Å². The van der Waals surface area contributed by atoms with Crippen molar-refractivity contribution < 1.29 is 9.50 Å². The first-order valence-corrected chi connectivity index (χ1v) is 9.52. The molecule has 3 aromatic heterocycles. The molecular formula is C19H15ClFN7O2. The Bertz CT molecular complexity index is 1450. The van der Waals surface area contributed by atoms with Gasteiger partial charge in [-0.2, -0.15) is 9.61 Å². The van der Waals surface area contributed by atoms with Crippen molar-refractivity contribution in [2.24, 2.45) is 4.99 Å². The summed E-state index contributed by atoms with van der Waals surface area (Å²) in [7, 11) is 0. The number of rotatable bonds is 4. The van der Waals surface area contributed by atoms with Crippen molar-refractivity contribution in [3.05, 3.63) is 68.2 Å². The molecule has 0 spiro atoms. The van der Waals surface area contributed by atoms with Gasteiger partial charge in [0.1, 0.15) is 17.3 Å². The van der Waals surface area contributed by atoms with Crippen LogP contribution in [-0.4, -0.2) is 35.7 Å². The first kappa shape index (κ1) is 18.4. The molecule has 0 amide bonds. The molecule has 152 valence electrons. The number of H-pyrrole nitrogens is 2. The molecule has 4 N–H and O–H groups in total. The van der Waals surface area contributed by atoms with Crippen LogP contribution in [0, 0.1) is 5.82 Å². The van der Waals surface area contributed by atoms with E-state index in [9.17, 15) is 14.3 Å². The summed E-state index contributed by atoms with van der Waals surface area (Å²) >= 11 is 5.87. The van der Waals surface area contributed by atoms with Gasteiger partial charge in [-0.3, -0.25) is 9.98 Å². The molecule has 1 aliphatic rings. The number of imidazole rings is 1. The first-order valence-electron chi connectivity index (χ1n) is 9.14. The lowest BCUT2D eigenvalue weighted by Crippen LogP contribution is -2.19. The van der Waals surface area contributed by atoms with Crippen molar-refractivity contribution in [1.29, 1.82) is 0 Å². The zero-order valence-electron chi connectivity index (χ0n) is 15.4. The quantitative estimate of drug-likeness (QED) is 0.394. The van der Waals surface area contributed by atoms with Crippen LogP contribution in [0.25, 0.3) is 11.7 Å². The maximum atomic E-state index is 13.5. The molecule has 0 bridgehead atoms. The number of hydrogen-bond donors (Lipinski definition) is 4. The number of aromatic hydroxyl groups is 1. The van der Waals surface area contributed by atoms with Gasteiger partial charge >= 0.3 is 5.69 Å². The van der Waals surface area contributed by atoms with Crippen LogP contribution in [0.1, 0.15) is 18.5 Å². The third kappa shape index (κ3) is 3.52. The van der Waals surface area contributed by atoms with Crippen LogP contribution in [0.4, 0.5) is 15.9 Å². The molecule has 1 aliphatic carbocycles. The summed E-state index contributed by atoms with van der Waals surface area (Å²) in [4.78, 5) is 25.4. The van der Waals surface area contributed by atoms with E-state index >= 15 is 0 Å². The van der Waals surface area contributed by atoms with Crippen molar-refractivity contribution in [2.45, 2.75) is 18.9 Å². The molecule has 1 aromatic carbocycles. The molecule has 0 atom stereocenters. The van der Waals surface area contributed by atoms with Crippen LogP contribution >= 0.6 is 11.6 Å². The van der Waals surface area contributed by atoms with Crippen molar-refractivity contribution in [2.75, 3.05) is 5.32 Å². The van der Waals surface area contributed by atoms with Crippen LogP contribution in [0.3, 0.4) is 0 Å². The van der Waals surface area contributed by atoms with E-state index in [-0.39, 0.29) is 22.6 Å². The summed E-state index contributed by atoms with van der Waals surface area (Å²) in [6.45, 7) is 0. The van der Waals surface area contributed by atoms with E-state index in [0.29, 0.717) is 27.9 Å². The monoisotopic (exact) mass is 427 g/mol. The highest BCUT2D eigenvalue weighted by molar-refractivity contribution is 6.31. The molecule has 0 aliphatic heterocycles. The Morgan fingerprint density at radius 2 is 2.17 bits per heavy atom. The van der Waals surface area contributed by atoms with E-state index in [0.717, 1.165) is 12.8 Å². The van der Waals surface area contributed by atoms with Gasteiger partial charge in [0.15, 0.2) is 11.1 Å². The van der Waals surface area contributed by atoms with Gasteiger partial charge in [-0.05, 0) is 37.1 Å². The summed E-state index contributed by atoms with van der Waals surface area (Å²) in [5.74, 6) is -0.327. The average Bonchev–Trinajstić information content (AvgIpc) is 3.34. The number of halogens is 2. The van der Waals surface area contributed by atoms with Crippen molar-refractivity contribution in [1.82, 2.24) is 24.6 Å². The van der Waals surface area contributed by atoms with E-state index in [2.05, 4.69) is 30.4 Å². The molecule has 0 unspecified atom stereocenters. The summed E-state index contributed by atoms with van der Waals surface area (Å²) in [6.07, 6.45) is 5.15. The van der Waals surface area contributed by atoms with E-state index in [1.54, 1.807) is 28.9 Å². The molecule has 4 aromatic rings. The fourth-order valence-corrected chi connectivity index (χ4v) is 3.16. The van der Waals surface area contributed by atoms with Crippen molar-refractivity contribution in [3.63, 3.8) is 0 Å². The molecule has 11 heteroatoms. The molecule has 30 heavy (non-hydrogen) atoms. The Morgan fingerprint density at radius 3 is 2.87 bits per heavy atom. The fourth-order valence-electron chi connectivity index (χ4n) is 2.98. The van der Waals surface area contributed by atoms with Crippen molar-refractivity contribution in [3.8, 4) is 5.88 Å². The summed E-state index contributed by atoms with van der Waals surface area (Å²) in [6, 6.07) is 6.27. The van der Waals surface area contributed by atoms with E-state index in [4.69, 9.17) is 11.6 Å². The number of benzene rings is 1. The zero-order chi connectivity index (χ0) is 20.8. The van der Waals surface area contributed by atoms with Gasteiger partial charge in [-0.1, -0.05) is 11.6 Å². The smallest absolute Gasteiger partial charge is 0.326 e. The minimum absolute atomic E-state index is 0.00534. The second kappa shape index (κ2) is 6.99. The lowest BCUT2D eigenvalue weighted by Gasteiger charge is -2.07. The lowest BCUT2D eigenvalue weighted by atomic mass is 10.3. The predicted molar refractivity (Wildman–Crippen MR) is 108 cm³/mol. The third-order valence-corrected chi connectivity index (χ3v) is 4.86. The van der Waals surface area contributed by atoms with Crippen LogP contribution in [0.5, 0.6) is 5.88 Å². The molecule has 0 saturated heterocycles. The molecule has 1 fully saturated rings. The standard InChI is InChI=1S/C19H15ClFN7O2/c20-12-6-11(3-4-13(12)21)23-15-7-16(24-10-1-2-10)28-17(26-15)9(8-22-28)5-14-18(29)27-19(30)25-14/h3-8,10,23,29H,1-2H2,(H2,25,27,30)/b9-5-,24-16?.